The van der Waals surface area contributed by atoms with E-state index in [-0.39, 0.29) is 6.04 Å². The van der Waals surface area contributed by atoms with Gasteiger partial charge in [0.1, 0.15) is 0 Å². The minimum atomic E-state index is -0.122. The molecule has 0 aliphatic heterocycles. The van der Waals surface area contributed by atoms with Crippen LogP contribution in [0.1, 0.15) is 17.2 Å². The first kappa shape index (κ1) is 12.3. The van der Waals surface area contributed by atoms with E-state index in [1.165, 1.54) is 0 Å². The van der Waals surface area contributed by atoms with Crippen molar-refractivity contribution in [2.24, 2.45) is 5.73 Å². The Kier molecular flexibility index (Phi) is 3.94. The second-order valence-electron chi connectivity index (χ2n) is 3.73. The SMILES string of the molecule is NC(Cc1ccc(Cl)c(Cl)c1)c1ccnnc1. The van der Waals surface area contributed by atoms with Crippen LogP contribution in [0.5, 0.6) is 0 Å². The molecular weight excluding hydrogens is 257 g/mol. The number of rotatable bonds is 3. The van der Waals surface area contributed by atoms with Gasteiger partial charge in [0, 0.05) is 12.2 Å². The van der Waals surface area contributed by atoms with Crippen molar-refractivity contribution < 1.29 is 0 Å². The molecule has 0 aliphatic rings. The van der Waals surface area contributed by atoms with Crippen LogP contribution in [0.15, 0.2) is 36.7 Å². The van der Waals surface area contributed by atoms with Gasteiger partial charge in [-0.3, -0.25) is 0 Å². The molecule has 0 aliphatic carbocycles. The summed E-state index contributed by atoms with van der Waals surface area (Å²) >= 11 is 11.8. The molecule has 1 heterocycles. The van der Waals surface area contributed by atoms with Gasteiger partial charge in [-0.05, 0) is 35.7 Å². The maximum absolute atomic E-state index is 6.07. The van der Waals surface area contributed by atoms with Gasteiger partial charge in [-0.2, -0.15) is 10.2 Å². The average molecular weight is 268 g/mol. The molecule has 1 unspecified atom stereocenters. The second-order valence-corrected chi connectivity index (χ2v) is 4.55. The monoisotopic (exact) mass is 267 g/mol. The van der Waals surface area contributed by atoms with E-state index < -0.39 is 0 Å². The Balaban J connectivity index is 2.13. The summed E-state index contributed by atoms with van der Waals surface area (Å²) < 4.78 is 0. The molecular formula is C12H11Cl2N3. The first-order chi connectivity index (χ1) is 8.16. The van der Waals surface area contributed by atoms with Crippen LogP contribution in [0.25, 0.3) is 0 Å². The topological polar surface area (TPSA) is 51.8 Å². The van der Waals surface area contributed by atoms with Gasteiger partial charge in [0.2, 0.25) is 0 Å². The van der Waals surface area contributed by atoms with Gasteiger partial charge < -0.3 is 5.73 Å². The number of nitrogens with zero attached hydrogens (tertiary/aromatic N) is 2. The lowest BCUT2D eigenvalue weighted by molar-refractivity contribution is 0.713. The van der Waals surface area contributed by atoms with Crippen LogP contribution >= 0.6 is 23.2 Å². The Morgan fingerprint density at radius 1 is 1.12 bits per heavy atom. The van der Waals surface area contributed by atoms with Crippen molar-refractivity contribution in [2.45, 2.75) is 12.5 Å². The second kappa shape index (κ2) is 5.45. The third kappa shape index (κ3) is 3.16. The van der Waals surface area contributed by atoms with E-state index in [2.05, 4.69) is 10.2 Å². The molecule has 0 bridgehead atoms. The molecule has 0 saturated heterocycles. The van der Waals surface area contributed by atoms with Crippen LogP contribution in [0.2, 0.25) is 10.0 Å². The van der Waals surface area contributed by atoms with Gasteiger partial charge in [0.05, 0.1) is 16.2 Å². The fourth-order valence-electron chi connectivity index (χ4n) is 1.56. The first-order valence-electron chi connectivity index (χ1n) is 5.13. The molecule has 3 nitrogen and oxygen atoms in total. The Bertz CT molecular complexity index is 502. The smallest absolute Gasteiger partial charge is 0.0595 e. The Hall–Kier alpha value is -1.16. The van der Waals surface area contributed by atoms with Gasteiger partial charge in [0.15, 0.2) is 0 Å². The minimum Gasteiger partial charge on any atom is -0.324 e. The van der Waals surface area contributed by atoms with Crippen LogP contribution in [0, 0.1) is 0 Å². The number of hydrogen-bond acceptors (Lipinski definition) is 3. The van der Waals surface area contributed by atoms with Crippen molar-refractivity contribution in [1.29, 1.82) is 0 Å². The summed E-state index contributed by atoms with van der Waals surface area (Å²) in [6, 6.07) is 7.26. The fourth-order valence-corrected chi connectivity index (χ4v) is 1.88. The van der Waals surface area contributed by atoms with E-state index in [0.29, 0.717) is 16.5 Å². The first-order valence-corrected chi connectivity index (χ1v) is 5.88. The van der Waals surface area contributed by atoms with Crippen LogP contribution in [0.3, 0.4) is 0 Å². The van der Waals surface area contributed by atoms with Crippen molar-refractivity contribution in [3.63, 3.8) is 0 Å². The molecule has 0 radical (unpaired) electrons. The molecule has 5 heteroatoms. The van der Waals surface area contributed by atoms with Crippen molar-refractivity contribution >= 4 is 23.2 Å². The molecule has 1 aromatic heterocycles. The standard InChI is InChI=1S/C12H11Cl2N3/c13-10-2-1-8(5-11(10)14)6-12(15)9-3-4-16-17-7-9/h1-5,7,12H,6,15H2. The zero-order valence-corrected chi connectivity index (χ0v) is 10.5. The van der Waals surface area contributed by atoms with Crippen molar-refractivity contribution in [3.05, 3.63) is 57.8 Å². The minimum absolute atomic E-state index is 0.122. The number of aromatic nitrogens is 2. The van der Waals surface area contributed by atoms with Crippen molar-refractivity contribution in [2.75, 3.05) is 0 Å². The van der Waals surface area contributed by atoms with E-state index in [4.69, 9.17) is 28.9 Å². The van der Waals surface area contributed by atoms with E-state index in [0.717, 1.165) is 11.1 Å². The Morgan fingerprint density at radius 3 is 2.59 bits per heavy atom. The van der Waals surface area contributed by atoms with Crippen LogP contribution < -0.4 is 5.73 Å². The van der Waals surface area contributed by atoms with Crippen molar-refractivity contribution in [1.82, 2.24) is 10.2 Å². The predicted molar refractivity (Wildman–Crippen MR) is 69.1 cm³/mol. The summed E-state index contributed by atoms with van der Waals surface area (Å²) in [4.78, 5) is 0. The Labute approximate surface area is 110 Å². The molecule has 17 heavy (non-hydrogen) atoms. The van der Waals surface area contributed by atoms with E-state index in [1.54, 1.807) is 18.5 Å². The van der Waals surface area contributed by atoms with Gasteiger partial charge in [-0.25, -0.2) is 0 Å². The molecule has 0 amide bonds. The summed E-state index contributed by atoms with van der Waals surface area (Å²) in [6.45, 7) is 0. The molecule has 0 saturated carbocycles. The summed E-state index contributed by atoms with van der Waals surface area (Å²) in [5, 5.41) is 8.61. The summed E-state index contributed by atoms with van der Waals surface area (Å²) in [5.74, 6) is 0. The number of hydrogen-bond donors (Lipinski definition) is 1. The molecule has 0 fully saturated rings. The highest BCUT2D eigenvalue weighted by molar-refractivity contribution is 6.42. The lowest BCUT2D eigenvalue weighted by atomic mass is 10.0. The summed E-state index contributed by atoms with van der Waals surface area (Å²) in [6.07, 6.45) is 3.98. The molecule has 1 atom stereocenters. The molecule has 88 valence electrons. The fraction of sp³-hybridized carbons (Fsp3) is 0.167. The number of benzene rings is 1. The van der Waals surface area contributed by atoms with Gasteiger partial charge in [0.25, 0.3) is 0 Å². The third-order valence-corrected chi connectivity index (χ3v) is 3.21. The van der Waals surface area contributed by atoms with Crippen LogP contribution in [-0.4, -0.2) is 10.2 Å². The third-order valence-electron chi connectivity index (χ3n) is 2.47. The van der Waals surface area contributed by atoms with E-state index in [9.17, 15) is 0 Å². The molecule has 1 aromatic carbocycles. The van der Waals surface area contributed by atoms with Gasteiger partial charge in [-0.15, -0.1) is 0 Å². The van der Waals surface area contributed by atoms with Gasteiger partial charge in [-0.1, -0.05) is 29.3 Å². The van der Waals surface area contributed by atoms with E-state index in [1.807, 2.05) is 18.2 Å². The molecule has 0 spiro atoms. The highest BCUT2D eigenvalue weighted by Crippen LogP contribution is 2.24. The zero-order chi connectivity index (χ0) is 12.3. The maximum atomic E-state index is 6.07. The maximum Gasteiger partial charge on any atom is 0.0595 e. The van der Waals surface area contributed by atoms with Crippen molar-refractivity contribution in [3.8, 4) is 0 Å². The number of halogens is 2. The number of nitrogens with two attached hydrogens (primary N) is 1. The van der Waals surface area contributed by atoms with Gasteiger partial charge >= 0.3 is 0 Å². The molecule has 2 N–H and O–H groups in total. The normalized spacial score (nSPS) is 12.4. The predicted octanol–water partition coefficient (Wildman–Crippen LogP) is 3.03. The van der Waals surface area contributed by atoms with Crippen LogP contribution in [-0.2, 0) is 6.42 Å². The zero-order valence-electron chi connectivity index (χ0n) is 8.98. The molecule has 2 rings (SSSR count). The molecule has 2 aromatic rings. The highest BCUT2D eigenvalue weighted by Gasteiger charge is 2.08. The highest BCUT2D eigenvalue weighted by atomic mass is 35.5. The summed E-state index contributed by atoms with van der Waals surface area (Å²) in [7, 11) is 0. The largest absolute Gasteiger partial charge is 0.324 e. The van der Waals surface area contributed by atoms with E-state index >= 15 is 0 Å². The average Bonchev–Trinajstić information content (AvgIpc) is 2.35. The summed E-state index contributed by atoms with van der Waals surface area (Å²) in [5.41, 5.74) is 8.07. The quantitative estimate of drug-likeness (QED) is 0.930. The Morgan fingerprint density at radius 2 is 1.94 bits per heavy atom. The lowest BCUT2D eigenvalue weighted by Gasteiger charge is -2.11. The van der Waals surface area contributed by atoms with Crippen LogP contribution in [0.4, 0.5) is 0 Å². The lowest BCUT2D eigenvalue weighted by Crippen LogP contribution is -2.13.